The van der Waals surface area contributed by atoms with Gasteiger partial charge in [0.2, 0.25) is 0 Å². The zero-order valence-corrected chi connectivity index (χ0v) is 21.0. The number of hydrogen-bond acceptors (Lipinski definition) is 3. The van der Waals surface area contributed by atoms with Crippen molar-refractivity contribution in [2.45, 2.75) is 105 Å². The van der Waals surface area contributed by atoms with E-state index in [1.165, 1.54) is 58.4 Å². The lowest BCUT2D eigenvalue weighted by Crippen LogP contribution is -2.48. The molecule has 3 heteroatoms. The monoisotopic (exact) mass is 416 g/mol. The van der Waals surface area contributed by atoms with Gasteiger partial charge in [0.25, 0.3) is 0 Å². The molecule has 0 bridgehead atoms. The molecule has 1 saturated carbocycles. The molecule has 0 radical (unpaired) electrons. The normalized spacial score (nSPS) is 29.2. The van der Waals surface area contributed by atoms with E-state index in [2.05, 4.69) is 70.1 Å². The molecule has 1 aliphatic carbocycles. The summed E-state index contributed by atoms with van der Waals surface area (Å²) in [6, 6.07) is 0. The Kier molecular flexibility index (Phi) is 7.97. The van der Waals surface area contributed by atoms with Crippen molar-refractivity contribution in [1.29, 1.82) is 0 Å². The Balaban J connectivity index is 1.29. The Morgan fingerprint density at radius 1 is 0.867 bits per heavy atom. The lowest BCUT2D eigenvalue weighted by atomic mass is 9.79. The summed E-state index contributed by atoms with van der Waals surface area (Å²) < 4.78 is 6.42. The lowest BCUT2D eigenvalue weighted by Gasteiger charge is -2.43. The van der Waals surface area contributed by atoms with Crippen molar-refractivity contribution in [2.75, 3.05) is 32.7 Å². The van der Waals surface area contributed by atoms with Crippen molar-refractivity contribution in [3.63, 3.8) is 0 Å². The SMILES string of the molecule is CC(C#CC1CC(OC2CCN(CC3CCN(C(C)(C)C)CC3)CC2)C1)C(C)(C)C. The van der Waals surface area contributed by atoms with E-state index in [0.717, 1.165) is 18.8 Å². The standard InChI is InChI=1S/C27H48N2O/c1-21(26(2,3)4)8-9-23-18-25(19-23)30-24-12-14-28(15-13-24)20-22-10-16-29(17-11-22)27(5,6)7/h21-25H,10-20H2,1-7H3. The van der Waals surface area contributed by atoms with Crippen LogP contribution in [0.25, 0.3) is 0 Å². The Labute approximate surface area is 187 Å². The fraction of sp³-hybridized carbons (Fsp3) is 0.926. The molecule has 2 heterocycles. The Morgan fingerprint density at radius 2 is 1.47 bits per heavy atom. The molecule has 0 aromatic carbocycles. The summed E-state index contributed by atoms with van der Waals surface area (Å²) in [5.74, 6) is 8.92. The number of likely N-dealkylation sites (tertiary alicyclic amines) is 2. The third-order valence-electron chi connectivity index (χ3n) is 7.90. The van der Waals surface area contributed by atoms with Gasteiger partial charge in [-0.3, -0.25) is 4.90 Å². The maximum absolute atomic E-state index is 6.42. The fourth-order valence-electron chi connectivity index (χ4n) is 4.91. The van der Waals surface area contributed by atoms with Crippen LogP contribution in [0.4, 0.5) is 0 Å². The molecule has 30 heavy (non-hydrogen) atoms. The molecule has 0 amide bonds. The first-order chi connectivity index (χ1) is 14.0. The summed E-state index contributed by atoms with van der Waals surface area (Å²) in [4.78, 5) is 5.36. The molecule has 0 aromatic rings. The predicted octanol–water partition coefficient (Wildman–Crippen LogP) is 5.44. The highest BCUT2D eigenvalue weighted by atomic mass is 16.5. The Morgan fingerprint density at radius 3 is 2.00 bits per heavy atom. The number of hydrogen-bond donors (Lipinski definition) is 0. The van der Waals surface area contributed by atoms with Crippen molar-refractivity contribution in [2.24, 2.45) is 23.2 Å². The number of ether oxygens (including phenoxy) is 1. The van der Waals surface area contributed by atoms with Gasteiger partial charge >= 0.3 is 0 Å². The highest BCUT2D eigenvalue weighted by Gasteiger charge is 2.33. The van der Waals surface area contributed by atoms with Crippen molar-refractivity contribution >= 4 is 0 Å². The van der Waals surface area contributed by atoms with Gasteiger partial charge in [-0.25, -0.2) is 0 Å². The van der Waals surface area contributed by atoms with E-state index in [4.69, 9.17) is 4.74 Å². The molecular weight excluding hydrogens is 368 g/mol. The molecule has 2 saturated heterocycles. The minimum absolute atomic E-state index is 0.282. The van der Waals surface area contributed by atoms with Crippen LogP contribution in [-0.2, 0) is 4.74 Å². The second-order valence-corrected chi connectivity index (χ2v) is 12.4. The molecule has 2 aliphatic heterocycles. The van der Waals surface area contributed by atoms with Crippen LogP contribution in [-0.4, -0.2) is 60.3 Å². The average Bonchev–Trinajstić information content (AvgIpc) is 2.63. The predicted molar refractivity (Wildman–Crippen MR) is 128 cm³/mol. The number of rotatable bonds is 4. The van der Waals surface area contributed by atoms with Crippen LogP contribution < -0.4 is 0 Å². The van der Waals surface area contributed by atoms with Gasteiger partial charge in [-0.2, -0.15) is 0 Å². The van der Waals surface area contributed by atoms with Gasteiger partial charge in [0.15, 0.2) is 0 Å². The van der Waals surface area contributed by atoms with Gasteiger partial charge in [-0.15, -0.1) is 0 Å². The van der Waals surface area contributed by atoms with Gasteiger partial charge in [0, 0.05) is 37.0 Å². The first kappa shape index (κ1) is 24.1. The van der Waals surface area contributed by atoms with Gasteiger partial charge in [0.1, 0.15) is 0 Å². The van der Waals surface area contributed by atoms with E-state index in [0.29, 0.717) is 29.6 Å². The quantitative estimate of drug-likeness (QED) is 0.567. The maximum atomic E-state index is 6.42. The minimum Gasteiger partial charge on any atom is -0.375 e. The molecular formula is C27H48N2O. The summed E-state index contributed by atoms with van der Waals surface area (Å²) in [5.41, 5.74) is 0.613. The summed E-state index contributed by atoms with van der Waals surface area (Å²) in [7, 11) is 0. The topological polar surface area (TPSA) is 15.7 Å². The average molecular weight is 417 g/mol. The highest BCUT2D eigenvalue weighted by Crippen LogP contribution is 2.33. The van der Waals surface area contributed by atoms with E-state index < -0.39 is 0 Å². The van der Waals surface area contributed by atoms with Gasteiger partial charge in [-0.05, 0) is 83.7 Å². The van der Waals surface area contributed by atoms with E-state index in [1.54, 1.807) is 0 Å². The van der Waals surface area contributed by atoms with Crippen LogP contribution in [0.2, 0.25) is 0 Å². The maximum Gasteiger partial charge on any atom is 0.0603 e. The molecule has 3 rings (SSSR count). The van der Waals surface area contributed by atoms with Gasteiger partial charge < -0.3 is 9.64 Å². The van der Waals surface area contributed by atoms with Crippen LogP contribution in [0.15, 0.2) is 0 Å². The second-order valence-electron chi connectivity index (χ2n) is 12.4. The first-order valence-corrected chi connectivity index (χ1v) is 12.6. The zero-order valence-electron chi connectivity index (χ0n) is 21.0. The molecule has 0 spiro atoms. The van der Waals surface area contributed by atoms with Crippen LogP contribution in [0.3, 0.4) is 0 Å². The third kappa shape index (κ3) is 6.98. The van der Waals surface area contributed by atoms with E-state index in [9.17, 15) is 0 Å². The third-order valence-corrected chi connectivity index (χ3v) is 7.90. The molecule has 3 fully saturated rings. The summed E-state index contributed by atoms with van der Waals surface area (Å²) >= 11 is 0. The van der Waals surface area contributed by atoms with E-state index in [1.807, 2.05) is 0 Å². The summed E-state index contributed by atoms with van der Waals surface area (Å²) in [6.45, 7) is 22.4. The largest absolute Gasteiger partial charge is 0.375 e. The van der Waals surface area contributed by atoms with Crippen molar-refractivity contribution < 1.29 is 4.74 Å². The molecule has 3 nitrogen and oxygen atoms in total. The Hall–Kier alpha value is -0.560. The number of piperidine rings is 2. The molecule has 172 valence electrons. The van der Waals surface area contributed by atoms with Crippen molar-refractivity contribution in [3.05, 3.63) is 0 Å². The van der Waals surface area contributed by atoms with Crippen LogP contribution in [0.1, 0.15) is 87.0 Å². The van der Waals surface area contributed by atoms with Crippen LogP contribution in [0, 0.1) is 35.0 Å². The smallest absolute Gasteiger partial charge is 0.0603 e. The van der Waals surface area contributed by atoms with Crippen molar-refractivity contribution in [1.82, 2.24) is 9.80 Å². The van der Waals surface area contributed by atoms with Crippen LogP contribution in [0.5, 0.6) is 0 Å². The molecule has 1 unspecified atom stereocenters. The molecule has 3 aliphatic rings. The first-order valence-electron chi connectivity index (χ1n) is 12.6. The molecule has 0 N–H and O–H groups in total. The highest BCUT2D eigenvalue weighted by molar-refractivity contribution is 5.12. The minimum atomic E-state index is 0.282. The van der Waals surface area contributed by atoms with Crippen molar-refractivity contribution in [3.8, 4) is 11.8 Å². The second kappa shape index (κ2) is 9.93. The molecule has 0 aromatic heterocycles. The van der Waals surface area contributed by atoms with Gasteiger partial charge in [0.05, 0.1) is 12.2 Å². The Bertz CT molecular complexity index is 583. The summed E-state index contributed by atoms with van der Waals surface area (Å²) in [5, 5.41) is 0. The van der Waals surface area contributed by atoms with E-state index in [-0.39, 0.29) is 5.41 Å². The fourth-order valence-corrected chi connectivity index (χ4v) is 4.91. The van der Waals surface area contributed by atoms with E-state index >= 15 is 0 Å². The zero-order chi connectivity index (χ0) is 21.9. The van der Waals surface area contributed by atoms with Crippen LogP contribution >= 0.6 is 0 Å². The number of nitrogens with zero attached hydrogens (tertiary/aromatic N) is 2. The van der Waals surface area contributed by atoms with Gasteiger partial charge in [-0.1, -0.05) is 39.5 Å². The molecule has 1 atom stereocenters. The lowest BCUT2D eigenvalue weighted by molar-refractivity contribution is -0.0860. The summed E-state index contributed by atoms with van der Waals surface area (Å²) in [6.07, 6.45) is 8.41.